The highest BCUT2D eigenvalue weighted by molar-refractivity contribution is 5.53. The molecule has 0 aromatic heterocycles. The molecule has 1 aliphatic rings. The lowest BCUT2D eigenvalue weighted by molar-refractivity contribution is 0.250. The van der Waals surface area contributed by atoms with Gasteiger partial charge in [-0.1, -0.05) is 19.9 Å². The van der Waals surface area contributed by atoms with E-state index in [0.29, 0.717) is 19.1 Å². The molecular formula is C25H36N2O3. The Kier molecular flexibility index (Phi) is 7.62. The maximum Gasteiger partial charge on any atom is 0.161 e. The molecular weight excluding hydrogens is 376 g/mol. The molecule has 0 bridgehead atoms. The molecule has 0 saturated heterocycles. The molecule has 3 rings (SSSR count). The molecule has 0 fully saturated rings. The summed E-state index contributed by atoms with van der Waals surface area (Å²) in [5.74, 6) is 2.96. The van der Waals surface area contributed by atoms with Crippen molar-refractivity contribution in [1.29, 1.82) is 0 Å². The Morgan fingerprint density at radius 1 is 1.07 bits per heavy atom. The van der Waals surface area contributed by atoms with Crippen LogP contribution in [0.25, 0.3) is 0 Å². The van der Waals surface area contributed by atoms with E-state index < -0.39 is 0 Å². The summed E-state index contributed by atoms with van der Waals surface area (Å²) in [7, 11) is 5.81. The summed E-state index contributed by atoms with van der Waals surface area (Å²) in [6, 6.07) is 10.9. The predicted molar refractivity (Wildman–Crippen MR) is 122 cm³/mol. The minimum Gasteiger partial charge on any atom is -0.494 e. The number of hydrogen-bond donors (Lipinski definition) is 1. The average Bonchev–Trinajstić information content (AvgIpc) is 2.72. The number of nitrogens with one attached hydrogen (secondary N) is 1. The number of hydrogen-bond acceptors (Lipinski definition) is 5. The minimum atomic E-state index is 0.129. The summed E-state index contributed by atoms with van der Waals surface area (Å²) in [6.45, 7) is 9.59. The largest absolute Gasteiger partial charge is 0.494 e. The van der Waals surface area contributed by atoms with E-state index in [1.807, 2.05) is 21.0 Å². The van der Waals surface area contributed by atoms with Gasteiger partial charge in [-0.2, -0.15) is 0 Å². The first kappa shape index (κ1) is 22.4. The van der Waals surface area contributed by atoms with Crippen molar-refractivity contribution in [2.75, 3.05) is 47.5 Å². The van der Waals surface area contributed by atoms with Crippen molar-refractivity contribution in [3.05, 3.63) is 52.6 Å². The fourth-order valence-electron chi connectivity index (χ4n) is 4.02. The number of methoxy groups -OCH3 is 1. The highest BCUT2D eigenvalue weighted by atomic mass is 16.5. The summed E-state index contributed by atoms with van der Waals surface area (Å²) >= 11 is 0. The van der Waals surface area contributed by atoms with Gasteiger partial charge < -0.3 is 24.4 Å². The van der Waals surface area contributed by atoms with Gasteiger partial charge in [-0.15, -0.1) is 0 Å². The van der Waals surface area contributed by atoms with E-state index in [9.17, 15) is 0 Å². The number of likely N-dealkylation sites (N-methyl/N-ethyl adjacent to an activating group) is 1. The minimum absolute atomic E-state index is 0.129. The third-order valence-electron chi connectivity index (χ3n) is 5.58. The second kappa shape index (κ2) is 10.2. The first-order valence-electron chi connectivity index (χ1n) is 10.9. The van der Waals surface area contributed by atoms with Crippen LogP contribution in [-0.2, 0) is 6.42 Å². The molecule has 1 heterocycles. The van der Waals surface area contributed by atoms with Gasteiger partial charge in [-0.25, -0.2) is 0 Å². The van der Waals surface area contributed by atoms with Gasteiger partial charge in [0.1, 0.15) is 12.4 Å². The van der Waals surface area contributed by atoms with Gasteiger partial charge in [-0.3, -0.25) is 0 Å². The third-order valence-corrected chi connectivity index (χ3v) is 5.58. The summed E-state index contributed by atoms with van der Waals surface area (Å²) < 4.78 is 17.5. The molecule has 1 N–H and O–H groups in total. The van der Waals surface area contributed by atoms with E-state index in [4.69, 9.17) is 14.2 Å². The molecule has 0 aliphatic carbocycles. The van der Waals surface area contributed by atoms with Crippen LogP contribution in [0.4, 0.5) is 0 Å². The standard InChI is InChI=1S/C25H36N2O3/c1-7-29-19-8-9-20(21(15-19)17(2)3)25-22-16-24(30-13-12-27(4)5)23(28-6)14-18(22)10-11-26-25/h8-9,14-17,25-26H,7,10-13H2,1-6H3. The SMILES string of the molecule is CCOc1ccc(C2NCCc3cc(OC)c(OCCN(C)C)cc32)c(C(C)C)c1. The molecule has 0 radical (unpaired) electrons. The van der Waals surface area contributed by atoms with E-state index in [-0.39, 0.29) is 6.04 Å². The fraction of sp³-hybridized carbons (Fsp3) is 0.520. The topological polar surface area (TPSA) is 43.0 Å². The van der Waals surface area contributed by atoms with Crippen LogP contribution >= 0.6 is 0 Å². The molecule has 164 valence electrons. The summed E-state index contributed by atoms with van der Waals surface area (Å²) in [5.41, 5.74) is 5.21. The lowest BCUT2D eigenvalue weighted by atomic mass is 9.84. The second-order valence-corrected chi connectivity index (χ2v) is 8.37. The van der Waals surface area contributed by atoms with Gasteiger partial charge in [0.2, 0.25) is 0 Å². The van der Waals surface area contributed by atoms with Crippen molar-refractivity contribution in [1.82, 2.24) is 10.2 Å². The Morgan fingerprint density at radius 3 is 2.53 bits per heavy atom. The van der Waals surface area contributed by atoms with E-state index in [1.54, 1.807) is 7.11 Å². The molecule has 1 unspecified atom stereocenters. The molecule has 2 aromatic carbocycles. The average molecular weight is 413 g/mol. The highest BCUT2D eigenvalue weighted by Crippen LogP contribution is 2.40. The summed E-state index contributed by atoms with van der Waals surface area (Å²) in [4.78, 5) is 2.12. The monoisotopic (exact) mass is 412 g/mol. The van der Waals surface area contributed by atoms with Crippen molar-refractivity contribution in [3.8, 4) is 17.2 Å². The number of rotatable bonds is 9. The number of nitrogens with zero attached hydrogens (tertiary/aromatic N) is 1. The number of ether oxygens (including phenoxy) is 3. The van der Waals surface area contributed by atoms with E-state index in [1.165, 1.54) is 22.3 Å². The van der Waals surface area contributed by atoms with Crippen molar-refractivity contribution >= 4 is 0 Å². The van der Waals surface area contributed by atoms with Crippen LogP contribution in [0.1, 0.15) is 55.0 Å². The number of fused-ring (bicyclic) bond motifs is 1. The van der Waals surface area contributed by atoms with E-state index >= 15 is 0 Å². The van der Waals surface area contributed by atoms with Crippen molar-refractivity contribution in [3.63, 3.8) is 0 Å². The molecule has 5 heteroatoms. The quantitative estimate of drug-likeness (QED) is 0.662. The van der Waals surface area contributed by atoms with Crippen LogP contribution in [0.3, 0.4) is 0 Å². The summed E-state index contributed by atoms with van der Waals surface area (Å²) in [5, 5.41) is 3.73. The normalized spacial score (nSPS) is 15.9. The Hall–Kier alpha value is -2.24. The first-order chi connectivity index (χ1) is 14.4. The molecule has 5 nitrogen and oxygen atoms in total. The molecule has 0 amide bonds. The van der Waals surface area contributed by atoms with Crippen LogP contribution in [0, 0.1) is 0 Å². The third kappa shape index (κ3) is 5.08. The molecule has 0 spiro atoms. The second-order valence-electron chi connectivity index (χ2n) is 8.37. The molecule has 1 atom stereocenters. The number of benzene rings is 2. The van der Waals surface area contributed by atoms with Gasteiger partial charge in [0, 0.05) is 13.1 Å². The van der Waals surface area contributed by atoms with Crippen LogP contribution in [0.2, 0.25) is 0 Å². The zero-order valence-electron chi connectivity index (χ0n) is 19.2. The lowest BCUT2D eigenvalue weighted by Gasteiger charge is -2.31. The van der Waals surface area contributed by atoms with Crippen LogP contribution in [-0.4, -0.2) is 52.4 Å². The van der Waals surface area contributed by atoms with Crippen molar-refractivity contribution in [2.24, 2.45) is 0 Å². The highest BCUT2D eigenvalue weighted by Gasteiger charge is 2.26. The zero-order valence-corrected chi connectivity index (χ0v) is 19.2. The van der Waals surface area contributed by atoms with Gasteiger partial charge in [0.15, 0.2) is 11.5 Å². The van der Waals surface area contributed by atoms with E-state index in [2.05, 4.69) is 54.4 Å². The maximum atomic E-state index is 6.10. The zero-order chi connectivity index (χ0) is 21.7. The maximum absolute atomic E-state index is 6.10. The Balaban J connectivity index is 2.00. The predicted octanol–water partition coefficient (Wildman–Crippen LogP) is 4.39. The van der Waals surface area contributed by atoms with Gasteiger partial charge >= 0.3 is 0 Å². The van der Waals surface area contributed by atoms with Crippen molar-refractivity contribution in [2.45, 2.75) is 39.2 Å². The first-order valence-corrected chi connectivity index (χ1v) is 10.9. The molecule has 30 heavy (non-hydrogen) atoms. The fourth-order valence-corrected chi connectivity index (χ4v) is 4.02. The Morgan fingerprint density at radius 2 is 1.87 bits per heavy atom. The Labute approximate surface area is 181 Å². The van der Waals surface area contributed by atoms with Crippen LogP contribution < -0.4 is 19.5 Å². The molecule has 1 aliphatic heterocycles. The van der Waals surface area contributed by atoms with Gasteiger partial charge in [0.25, 0.3) is 0 Å². The molecule has 0 saturated carbocycles. The van der Waals surface area contributed by atoms with Crippen LogP contribution in [0.15, 0.2) is 30.3 Å². The van der Waals surface area contributed by atoms with Crippen molar-refractivity contribution < 1.29 is 14.2 Å². The lowest BCUT2D eigenvalue weighted by Crippen LogP contribution is -2.31. The van der Waals surface area contributed by atoms with Gasteiger partial charge in [-0.05, 0) is 79.9 Å². The van der Waals surface area contributed by atoms with Crippen LogP contribution in [0.5, 0.6) is 17.2 Å². The molecule has 2 aromatic rings. The van der Waals surface area contributed by atoms with E-state index in [0.717, 1.165) is 36.8 Å². The summed E-state index contributed by atoms with van der Waals surface area (Å²) in [6.07, 6.45) is 0.980. The smallest absolute Gasteiger partial charge is 0.161 e. The Bertz CT molecular complexity index is 849. The van der Waals surface area contributed by atoms with Gasteiger partial charge in [0.05, 0.1) is 19.8 Å².